The molecule has 1 saturated heterocycles. The van der Waals surface area contributed by atoms with Gasteiger partial charge in [0.05, 0.1) is 15.8 Å². The first-order valence-electron chi connectivity index (χ1n) is 8.85. The first-order chi connectivity index (χ1) is 12.3. The van der Waals surface area contributed by atoms with Gasteiger partial charge in [-0.05, 0) is 43.9 Å². The van der Waals surface area contributed by atoms with E-state index in [2.05, 4.69) is 12.2 Å². The number of nitrogens with zero attached hydrogens (tertiary/aromatic N) is 1. The normalized spacial score (nSPS) is 21.4. The summed E-state index contributed by atoms with van der Waals surface area (Å²) in [5.41, 5.74) is 0.339. The van der Waals surface area contributed by atoms with Crippen LogP contribution < -0.4 is 10.1 Å². The maximum atomic E-state index is 12.9. The maximum absolute atomic E-state index is 12.9. The predicted molar refractivity (Wildman–Crippen MR) is 96.8 cm³/mol. The van der Waals surface area contributed by atoms with Crippen molar-refractivity contribution in [2.75, 3.05) is 25.0 Å². The molecule has 0 saturated carbocycles. The van der Waals surface area contributed by atoms with E-state index < -0.39 is 15.1 Å². The maximum Gasteiger partial charge on any atom is 0.262 e. The fourth-order valence-electron chi connectivity index (χ4n) is 3.37. The van der Waals surface area contributed by atoms with Gasteiger partial charge in [0.1, 0.15) is 5.75 Å². The van der Waals surface area contributed by atoms with Crippen LogP contribution in [0.15, 0.2) is 23.1 Å². The van der Waals surface area contributed by atoms with Gasteiger partial charge >= 0.3 is 0 Å². The van der Waals surface area contributed by atoms with Crippen LogP contribution in [0.4, 0.5) is 5.69 Å². The summed E-state index contributed by atoms with van der Waals surface area (Å²) in [7, 11) is -3.69. The number of carbonyl (C=O) groups is 2. The van der Waals surface area contributed by atoms with Crippen LogP contribution in [0.2, 0.25) is 0 Å². The fourth-order valence-corrected chi connectivity index (χ4v) is 4.74. The smallest absolute Gasteiger partial charge is 0.262 e. The van der Waals surface area contributed by atoms with E-state index in [9.17, 15) is 18.0 Å². The zero-order valence-corrected chi connectivity index (χ0v) is 15.8. The largest absolute Gasteiger partial charge is 0.482 e. The number of likely N-dealkylation sites (tertiary alicyclic amines) is 1. The van der Waals surface area contributed by atoms with Crippen LogP contribution in [0.25, 0.3) is 0 Å². The summed E-state index contributed by atoms with van der Waals surface area (Å²) in [6.07, 6.45) is 2.01. The van der Waals surface area contributed by atoms with Crippen LogP contribution in [-0.4, -0.2) is 50.1 Å². The van der Waals surface area contributed by atoms with Gasteiger partial charge in [-0.15, -0.1) is 0 Å². The van der Waals surface area contributed by atoms with Gasteiger partial charge in [-0.25, -0.2) is 8.42 Å². The third-order valence-corrected chi connectivity index (χ3v) is 7.05. The number of carbonyl (C=O) groups excluding carboxylic acids is 2. The molecule has 2 aliphatic heterocycles. The summed E-state index contributed by atoms with van der Waals surface area (Å²) in [5, 5.41) is 1.76. The Balaban J connectivity index is 1.74. The molecule has 1 aromatic rings. The van der Waals surface area contributed by atoms with Crippen molar-refractivity contribution in [1.29, 1.82) is 0 Å². The van der Waals surface area contributed by atoms with Crippen LogP contribution in [0.3, 0.4) is 0 Å². The molecule has 0 spiro atoms. The second-order valence-corrected chi connectivity index (χ2v) is 9.51. The number of fused-ring (bicyclic) bond motifs is 1. The molecule has 0 bridgehead atoms. The number of piperidine rings is 1. The molecule has 2 aliphatic rings. The van der Waals surface area contributed by atoms with E-state index in [-0.39, 0.29) is 29.7 Å². The molecular formula is C18H24N2O5S. The molecule has 1 N–H and O–H groups in total. The van der Waals surface area contributed by atoms with Crippen molar-refractivity contribution in [3.05, 3.63) is 18.2 Å². The van der Waals surface area contributed by atoms with Crippen LogP contribution >= 0.6 is 0 Å². The standard InChI is InChI=1S/C18H24N2O5S/c1-12-4-3-7-20(10-12)18(22)8-13(2)26(23,24)14-5-6-16-15(9-14)19-17(21)11-25-16/h5-6,9,12-13H,3-4,7-8,10-11H2,1-2H3,(H,19,21)/t12-,13+/m1/s1. The highest BCUT2D eigenvalue weighted by molar-refractivity contribution is 7.92. The highest BCUT2D eigenvalue weighted by atomic mass is 32.2. The van der Waals surface area contributed by atoms with E-state index in [1.54, 1.807) is 11.8 Å². The second-order valence-electron chi connectivity index (χ2n) is 7.14. The minimum Gasteiger partial charge on any atom is -0.482 e. The van der Waals surface area contributed by atoms with E-state index in [1.807, 2.05) is 0 Å². The lowest BCUT2D eigenvalue weighted by molar-refractivity contribution is -0.132. The van der Waals surface area contributed by atoms with Crippen LogP contribution in [0, 0.1) is 5.92 Å². The number of nitrogens with one attached hydrogen (secondary N) is 1. The Hall–Kier alpha value is -2.09. The van der Waals surface area contributed by atoms with Crippen molar-refractivity contribution in [2.45, 2.75) is 43.3 Å². The third kappa shape index (κ3) is 3.85. The molecule has 1 aromatic carbocycles. The van der Waals surface area contributed by atoms with Gasteiger partial charge in [-0.1, -0.05) is 6.92 Å². The number of amides is 2. The van der Waals surface area contributed by atoms with Crippen molar-refractivity contribution in [3.63, 3.8) is 0 Å². The van der Waals surface area contributed by atoms with Crippen LogP contribution in [0.5, 0.6) is 5.75 Å². The zero-order valence-electron chi connectivity index (χ0n) is 15.0. The van der Waals surface area contributed by atoms with Crippen molar-refractivity contribution >= 4 is 27.3 Å². The number of benzene rings is 1. The molecule has 0 radical (unpaired) electrons. The molecule has 2 amide bonds. The van der Waals surface area contributed by atoms with Gasteiger partial charge in [0.15, 0.2) is 16.4 Å². The average Bonchev–Trinajstić information content (AvgIpc) is 2.60. The molecule has 2 atom stereocenters. The topological polar surface area (TPSA) is 92.8 Å². The number of anilines is 1. The summed E-state index contributed by atoms with van der Waals surface area (Å²) in [4.78, 5) is 25.8. The minimum atomic E-state index is -3.69. The lowest BCUT2D eigenvalue weighted by atomic mass is 10.00. The summed E-state index contributed by atoms with van der Waals surface area (Å²) in [6, 6.07) is 4.38. The molecule has 0 aliphatic carbocycles. The van der Waals surface area contributed by atoms with Crippen LogP contribution in [-0.2, 0) is 19.4 Å². The number of sulfone groups is 1. The van der Waals surface area contributed by atoms with E-state index in [4.69, 9.17) is 4.74 Å². The van der Waals surface area contributed by atoms with E-state index >= 15 is 0 Å². The number of ether oxygens (including phenoxy) is 1. The third-order valence-electron chi connectivity index (χ3n) is 4.91. The molecule has 142 valence electrons. The minimum absolute atomic E-state index is 0.0466. The molecule has 3 rings (SSSR count). The number of rotatable bonds is 4. The predicted octanol–water partition coefficient (Wildman–Crippen LogP) is 1.83. The first-order valence-corrected chi connectivity index (χ1v) is 10.4. The number of hydrogen-bond acceptors (Lipinski definition) is 5. The molecule has 7 nitrogen and oxygen atoms in total. The van der Waals surface area contributed by atoms with Crippen molar-refractivity contribution in [2.24, 2.45) is 5.92 Å². The molecule has 8 heteroatoms. The molecule has 26 heavy (non-hydrogen) atoms. The van der Waals surface area contributed by atoms with Gasteiger partial charge in [-0.2, -0.15) is 0 Å². The van der Waals surface area contributed by atoms with E-state index in [1.165, 1.54) is 18.2 Å². The average molecular weight is 380 g/mol. The zero-order chi connectivity index (χ0) is 18.9. The van der Waals surface area contributed by atoms with Crippen LogP contribution in [0.1, 0.15) is 33.1 Å². The Bertz CT molecular complexity index is 821. The molecular weight excluding hydrogens is 356 g/mol. The molecule has 0 aromatic heterocycles. The van der Waals surface area contributed by atoms with Gasteiger partial charge < -0.3 is 15.0 Å². The first kappa shape index (κ1) is 18.7. The van der Waals surface area contributed by atoms with E-state index in [0.717, 1.165) is 12.8 Å². The Labute approximate surface area is 153 Å². The lowest BCUT2D eigenvalue weighted by Crippen LogP contribution is -2.41. The monoisotopic (exact) mass is 380 g/mol. The Morgan fingerprint density at radius 1 is 1.42 bits per heavy atom. The van der Waals surface area contributed by atoms with Crippen molar-refractivity contribution in [1.82, 2.24) is 4.90 Å². The Kier molecular flexibility index (Phi) is 5.22. The highest BCUT2D eigenvalue weighted by Crippen LogP contribution is 2.32. The summed E-state index contributed by atoms with van der Waals surface area (Å²) in [5.74, 6) is 0.440. The molecule has 0 unspecified atom stereocenters. The second kappa shape index (κ2) is 7.26. The summed E-state index contributed by atoms with van der Waals surface area (Å²) in [6.45, 7) is 4.95. The van der Waals surface area contributed by atoms with Gasteiger partial charge in [0, 0.05) is 19.5 Å². The van der Waals surface area contributed by atoms with Crippen molar-refractivity contribution in [3.8, 4) is 5.75 Å². The lowest BCUT2D eigenvalue weighted by Gasteiger charge is -2.31. The SMILES string of the molecule is C[C@@H]1CCCN(C(=O)C[C@H](C)S(=O)(=O)c2ccc3c(c2)NC(=O)CO3)C1. The van der Waals surface area contributed by atoms with Gasteiger partial charge in [-0.3, -0.25) is 9.59 Å². The van der Waals surface area contributed by atoms with Gasteiger partial charge in [0.25, 0.3) is 5.91 Å². The Morgan fingerprint density at radius 3 is 2.92 bits per heavy atom. The summed E-state index contributed by atoms with van der Waals surface area (Å²) < 4.78 is 31.0. The van der Waals surface area contributed by atoms with E-state index in [0.29, 0.717) is 30.4 Å². The Morgan fingerprint density at radius 2 is 2.19 bits per heavy atom. The molecule has 1 fully saturated rings. The fraction of sp³-hybridized carbons (Fsp3) is 0.556. The van der Waals surface area contributed by atoms with Crippen molar-refractivity contribution < 1.29 is 22.7 Å². The quantitative estimate of drug-likeness (QED) is 0.860. The van der Waals surface area contributed by atoms with Gasteiger partial charge in [0.2, 0.25) is 5.91 Å². The summed E-state index contributed by atoms with van der Waals surface area (Å²) >= 11 is 0. The number of hydrogen-bond donors (Lipinski definition) is 1. The molecule has 2 heterocycles. The highest BCUT2D eigenvalue weighted by Gasteiger charge is 2.30.